The van der Waals surface area contributed by atoms with Crippen LogP contribution in [-0.4, -0.2) is 10.9 Å². The number of ketones is 1. The third-order valence-corrected chi connectivity index (χ3v) is 4.44. The van der Waals surface area contributed by atoms with Crippen molar-refractivity contribution in [1.82, 2.24) is 0 Å². The Kier molecular flexibility index (Phi) is 3.32. The third kappa shape index (κ3) is 2.23. The van der Waals surface area contributed by atoms with Crippen LogP contribution in [0.15, 0.2) is 46.2 Å². The van der Waals surface area contributed by atoms with Gasteiger partial charge in [0.25, 0.3) is 0 Å². The van der Waals surface area contributed by atoms with E-state index in [1.54, 1.807) is 36.4 Å². The van der Waals surface area contributed by atoms with Gasteiger partial charge in [0.05, 0.1) is 4.91 Å². The van der Waals surface area contributed by atoms with E-state index in [4.69, 9.17) is 11.6 Å². The van der Waals surface area contributed by atoms with Crippen molar-refractivity contribution in [2.24, 2.45) is 0 Å². The Morgan fingerprint density at radius 3 is 2.75 bits per heavy atom. The molecule has 2 aromatic rings. The van der Waals surface area contributed by atoms with Crippen LogP contribution in [0.4, 0.5) is 0 Å². The van der Waals surface area contributed by atoms with Gasteiger partial charge >= 0.3 is 0 Å². The van der Waals surface area contributed by atoms with E-state index in [0.29, 0.717) is 21.1 Å². The highest BCUT2D eigenvalue weighted by Gasteiger charge is 2.28. The van der Waals surface area contributed by atoms with Crippen LogP contribution in [0.2, 0.25) is 5.02 Å². The highest BCUT2D eigenvalue weighted by atomic mass is 35.5. The van der Waals surface area contributed by atoms with Gasteiger partial charge in [-0.15, -0.1) is 0 Å². The van der Waals surface area contributed by atoms with E-state index in [-0.39, 0.29) is 11.5 Å². The number of carbonyl (C=O) groups excluding carboxylic acids is 1. The van der Waals surface area contributed by atoms with Crippen molar-refractivity contribution < 1.29 is 9.90 Å². The van der Waals surface area contributed by atoms with Crippen LogP contribution in [-0.2, 0) is 0 Å². The smallest absolute Gasteiger partial charge is 0.201 e. The second-order valence-electron chi connectivity index (χ2n) is 4.59. The van der Waals surface area contributed by atoms with Gasteiger partial charge in [-0.3, -0.25) is 4.79 Å². The molecule has 0 aliphatic carbocycles. The van der Waals surface area contributed by atoms with Gasteiger partial charge in [-0.05, 0) is 36.8 Å². The van der Waals surface area contributed by atoms with E-state index in [9.17, 15) is 9.90 Å². The molecule has 2 aromatic carbocycles. The van der Waals surface area contributed by atoms with E-state index in [2.05, 4.69) is 0 Å². The summed E-state index contributed by atoms with van der Waals surface area (Å²) < 4.78 is 0. The fraction of sp³-hybridized carbons (Fsp3) is 0.0625. The topological polar surface area (TPSA) is 37.3 Å². The second kappa shape index (κ2) is 5.00. The zero-order valence-corrected chi connectivity index (χ0v) is 12.3. The van der Waals surface area contributed by atoms with Gasteiger partial charge in [0.15, 0.2) is 0 Å². The Bertz CT molecular complexity index is 750. The largest absolute Gasteiger partial charge is 0.507 e. The van der Waals surface area contributed by atoms with Crippen molar-refractivity contribution >= 4 is 35.2 Å². The lowest BCUT2D eigenvalue weighted by molar-refractivity contribution is 0.104. The minimum atomic E-state index is -0.0116. The number of aromatic hydroxyl groups is 1. The van der Waals surface area contributed by atoms with Gasteiger partial charge in [0.2, 0.25) is 5.78 Å². The molecule has 0 fully saturated rings. The molecule has 0 saturated heterocycles. The quantitative estimate of drug-likeness (QED) is 0.777. The average molecular weight is 303 g/mol. The minimum absolute atomic E-state index is 0.0116. The molecule has 20 heavy (non-hydrogen) atoms. The van der Waals surface area contributed by atoms with Crippen LogP contribution >= 0.6 is 23.4 Å². The lowest BCUT2D eigenvalue weighted by atomic mass is 10.0. The van der Waals surface area contributed by atoms with Crippen molar-refractivity contribution in [2.45, 2.75) is 11.8 Å². The molecule has 0 unspecified atom stereocenters. The summed E-state index contributed by atoms with van der Waals surface area (Å²) in [5, 5.41) is 10.4. The Hall–Kier alpha value is -1.71. The molecule has 0 radical (unpaired) electrons. The number of halogens is 1. The first-order valence-corrected chi connectivity index (χ1v) is 7.28. The number of benzene rings is 2. The standard InChI is InChI=1S/C16H11ClO2S/c1-9-6-11(17)8-13-15(9)16(19)14(20-13)7-10-4-2-3-5-12(10)18/h2-8,18H,1H3. The van der Waals surface area contributed by atoms with E-state index in [0.717, 1.165) is 10.5 Å². The molecular formula is C16H11ClO2S. The lowest BCUT2D eigenvalue weighted by Crippen LogP contribution is -1.97. The summed E-state index contributed by atoms with van der Waals surface area (Å²) >= 11 is 7.42. The maximum atomic E-state index is 12.4. The number of para-hydroxylation sites is 1. The monoisotopic (exact) mass is 302 g/mol. The minimum Gasteiger partial charge on any atom is -0.507 e. The van der Waals surface area contributed by atoms with Gasteiger partial charge in [0.1, 0.15) is 5.75 Å². The van der Waals surface area contributed by atoms with Gasteiger partial charge < -0.3 is 5.11 Å². The molecule has 0 bridgehead atoms. The van der Waals surface area contributed by atoms with Crippen molar-refractivity contribution in [3.63, 3.8) is 0 Å². The summed E-state index contributed by atoms with van der Waals surface area (Å²) in [6.07, 6.45) is 1.72. The number of hydrogen-bond acceptors (Lipinski definition) is 3. The van der Waals surface area contributed by atoms with Crippen LogP contribution in [0.25, 0.3) is 6.08 Å². The molecule has 2 nitrogen and oxygen atoms in total. The van der Waals surface area contributed by atoms with Gasteiger partial charge in [-0.25, -0.2) is 0 Å². The number of carbonyl (C=O) groups is 1. The summed E-state index contributed by atoms with van der Waals surface area (Å²) in [6.45, 7) is 1.88. The Labute approximate surface area is 126 Å². The van der Waals surface area contributed by atoms with Gasteiger partial charge in [-0.1, -0.05) is 41.6 Å². The molecule has 1 heterocycles. The molecule has 0 spiro atoms. The number of allylic oxidation sites excluding steroid dienone is 1. The van der Waals surface area contributed by atoms with Crippen LogP contribution in [0.3, 0.4) is 0 Å². The molecule has 0 amide bonds. The molecule has 4 heteroatoms. The van der Waals surface area contributed by atoms with E-state index in [1.165, 1.54) is 11.8 Å². The second-order valence-corrected chi connectivity index (χ2v) is 6.11. The summed E-state index contributed by atoms with van der Waals surface area (Å²) in [7, 11) is 0. The maximum absolute atomic E-state index is 12.4. The first kappa shape index (κ1) is 13.3. The fourth-order valence-electron chi connectivity index (χ4n) is 2.22. The molecule has 1 N–H and O–H groups in total. The van der Waals surface area contributed by atoms with Crippen LogP contribution in [0, 0.1) is 6.92 Å². The number of aryl methyl sites for hydroxylation is 1. The number of phenolic OH excluding ortho intramolecular Hbond substituents is 1. The maximum Gasteiger partial charge on any atom is 0.201 e. The zero-order valence-electron chi connectivity index (χ0n) is 10.7. The molecule has 0 saturated carbocycles. The molecule has 3 rings (SSSR count). The normalized spacial score (nSPS) is 15.7. The molecule has 0 atom stereocenters. The van der Waals surface area contributed by atoms with E-state index < -0.39 is 0 Å². The van der Waals surface area contributed by atoms with Gasteiger partial charge in [0, 0.05) is 21.0 Å². The SMILES string of the molecule is Cc1cc(Cl)cc2c1C(=O)C(=Cc1ccccc1O)S2. The van der Waals surface area contributed by atoms with Crippen molar-refractivity contribution in [3.8, 4) is 5.75 Å². The van der Waals surface area contributed by atoms with Gasteiger partial charge in [-0.2, -0.15) is 0 Å². The summed E-state index contributed by atoms with van der Waals surface area (Å²) in [6, 6.07) is 10.6. The van der Waals surface area contributed by atoms with Crippen molar-refractivity contribution in [3.05, 3.63) is 63.0 Å². The molecule has 1 aliphatic rings. The van der Waals surface area contributed by atoms with Crippen molar-refractivity contribution in [2.75, 3.05) is 0 Å². The number of hydrogen-bond donors (Lipinski definition) is 1. The van der Waals surface area contributed by atoms with Crippen LogP contribution in [0.1, 0.15) is 21.5 Å². The van der Waals surface area contributed by atoms with Crippen LogP contribution < -0.4 is 0 Å². The molecule has 100 valence electrons. The number of thioether (sulfide) groups is 1. The Morgan fingerprint density at radius 1 is 1.25 bits per heavy atom. The number of Topliss-reactive ketones (excluding diaryl/α,β-unsaturated/α-hetero) is 1. The summed E-state index contributed by atoms with van der Waals surface area (Å²) in [5.74, 6) is 0.154. The van der Waals surface area contributed by atoms with E-state index in [1.807, 2.05) is 13.0 Å². The number of rotatable bonds is 1. The lowest BCUT2D eigenvalue weighted by Gasteiger charge is -2.01. The summed E-state index contributed by atoms with van der Waals surface area (Å²) in [5.41, 5.74) is 2.23. The first-order chi connectivity index (χ1) is 9.56. The summed E-state index contributed by atoms with van der Waals surface area (Å²) in [4.78, 5) is 13.9. The Morgan fingerprint density at radius 2 is 2.00 bits per heavy atom. The highest BCUT2D eigenvalue weighted by Crippen LogP contribution is 2.44. The zero-order chi connectivity index (χ0) is 14.3. The molecule has 0 aromatic heterocycles. The number of phenols is 1. The van der Waals surface area contributed by atoms with E-state index >= 15 is 0 Å². The third-order valence-electron chi connectivity index (χ3n) is 3.16. The molecular weight excluding hydrogens is 292 g/mol. The predicted molar refractivity (Wildman–Crippen MR) is 82.5 cm³/mol. The van der Waals surface area contributed by atoms with Crippen molar-refractivity contribution in [1.29, 1.82) is 0 Å². The highest BCUT2D eigenvalue weighted by molar-refractivity contribution is 8.04. The van der Waals surface area contributed by atoms with Crippen LogP contribution in [0.5, 0.6) is 5.75 Å². The Balaban J connectivity index is 2.07. The first-order valence-electron chi connectivity index (χ1n) is 6.08. The predicted octanol–water partition coefficient (Wildman–Crippen LogP) is 4.68. The average Bonchev–Trinajstić information content (AvgIpc) is 2.69. The molecule has 1 aliphatic heterocycles. The fourth-order valence-corrected chi connectivity index (χ4v) is 3.71. The number of fused-ring (bicyclic) bond motifs is 1.